The Kier molecular flexibility index (Phi) is 6.86. The number of guanidine groups is 1. The molecule has 23 heavy (non-hydrogen) atoms. The molecule has 0 fully saturated rings. The molecule has 2 rings (SSSR count). The van der Waals surface area contributed by atoms with Crippen LogP contribution in [-0.2, 0) is 17.7 Å². The standard InChI is InChI=1S/C18H30N4O/c1-14(2)17(12-21-18(19)20-9-11-23-3)22-10-8-15-6-4-5-7-16(15)13-22/h4-7,14,17H,8-13H2,1-3H3,(H3,19,20,21). The van der Waals surface area contributed by atoms with Crippen molar-refractivity contribution in [1.82, 2.24) is 10.2 Å². The zero-order chi connectivity index (χ0) is 16.7. The van der Waals surface area contributed by atoms with Crippen LogP contribution in [0.1, 0.15) is 25.0 Å². The number of nitrogens with one attached hydrogen (secondary N) is 1. The van der Waals surface area contributed by atoms with Crippen molar-refractivity contribution in [2.45, 2.75) is 32.9 Å². The van der Waals surface area contributed by atoms with Gasteiger partial charge in [0.1, 0.15) is 0 Å². The number of methoxy groups -OCH3 is 1. The molecule has 0 aromatic heterocycles. The molecule has 3 N–H and O–H groups in total. The van der Waals surface area contributed by atoms with Crippen LogP contribution >= 0.6 is 0 Å². The summed E-state index contributed by atoms with van der Waals surface area (Å²) >= 11 is 0. The molecule has 0 spiro atoms. The SMILES string of the molecule is COCCNC(N)=NCC(C(C)C)N1CCc2ccccc2C1. The number of nitrogens with zero attached hydrogens (tertiary/aromatic N) is 2. The Hall–Kier alpha value is -1.59. The summed E-state index contributed by atoms with van der Waals surface area (Å²) in [7, 11) is 1.68. The summed E-state index contributed by atoms with van der Waals surface area (Å²) in [6.45, 7) is 8.66. The van der Waals surface area contributed by atoms with Crippen molar-refractivity contribution < 1.29 is 4.74 Å². The Labute approximate surface area is 139 Å². The molecular formula is C18H30N4O. The summed E-state index contributed by atoms with van der Waals surface area (Å²) in [6, 6.07) is 9.15. The monoisotopic (exact) mass is 318 g/mol. The van der Waals surface area contributed by atoms with Crippen molar-refractivity contribution in [2.75, 3.05) is 33.4 Å². The highest BCUT2D eigenvalue weighted by molar-refractivity contribution is 5.77. The Balaban J connectivity index is 1.95. The fourth-order valence-electron chi connectivity index (χ4n) is 3.08. The van der Waals surface area contributed by atoms with Crippen LogP contribution in [0.15, 0.2) is 29.3 Å². The summed E-state index contributed by atoms with van der Waals surface area (Å²) in [5.41, 5.74) is 8.86. The molecule has 1 aliphatic heterocycles. The van der Waals surface area contributed by atoms with E-state index in [2.05, 4.69) is 53.3 Å². The molecule has 1 unspecified atom stereocenters. The minimum Gasteiger partial charge on any atom is -0.383 e. The first-order chi connectivity index (χ1) is 11.1. The lowest BCUT2D eigenvalue weighted by molar-refractivity contribution is 0.144. The number of rotatable bonds is 7. The molecule has 1 heterocycles. The van der Waals surface area contributed by atoms with Gasteiger partial charge < -0.3 is 15.8 Å². The van der Waals surface area contributed by atoms with E-state index in [1.165, 1.54) is 11.1 Å². The minimum absolute atomic E-state index is 0.408. The van der Waals surface area contributed by atoms with Gasteiger partial charge in [0.25, 0.3) is 0 Å². The number of benzene rings is 1. The van der Waals surface area contributed by atoms with Gasteiger partial charge in [-0.3, -0.25) is 9.89 Å². The highest BCUT2D eigenvalue weighted by atomic mass is 16.5. The molecule has 1 aromatic carbocycles. The van der Waals surface area contributed by atoms with E-state index in [9.17, 15) is 0 Å². The highest BCUT2D eigenvalue weighted by Gasteiger charge is 2.25. The van der Waals surface area contributed by atoms with Crippen LogP contribution in [0.5, 0.6) is 0 Å². The van der Waals surface area contributed by atoms with Gasteiger partial charge in [-0.05, 0) is 23.5 Å². The Morgan fingerprint density at radius 1 is 1.35 bits per heavy atom. The maximum atomic E-state index is 5.93. The smallest absolute Gasteiger partial charge is 0.188 e. The molecule has 0 saturated carbocycles. The van der Waals surface area contributed by atoms with Gasteiger partial charge in [-0.1, -0.05) is 38.1 Å². The molecule has 0 amide bonds. The quantitative estimate of drug-likeness (QED) is 0.456. The molecular weight excluding hydrogens is 288 g/mol. The second-order valence-corrected chi connectivity index (χ2v) is 6.45. The minimum atomic E-state index is 0.408. The predicted molar refractivity (Wildman–Crippen MR) is 95.6 cm³/mol. The second kappa shape index (κ2) is 8.89. The molecule has 5 heteroatoms. The third-order valence-corrected chi connectivity index (χ3v) is 4.46. The van der Waals surface area contributed by atoms with Crippen molar-refractivity contribution in [3.63, 3.8) is 0 Å². The Bertz CT molecular complexity index is 515. The molecule has 5 nitrogen and oxygen atoms in total. The summed E-state index contributed by atoms with van der Waals surface area (Å²) in [5.74, 6) is 1.04. The van der Waals surface area contributed by atoms with Gasteiger partial charge in [0, 0.05) is 32.8 Å². The maximum Gasteiger partial charge on any atom is 0.188 e. The maximum absolute atomic E-state index is 5.93. The van der Waals surface area contributed by atoms with Crippen LogP contribution in [0.2, 0.25) is 0 Å². The zero-order valence-electron chi connectivity index (χ0n) is 14.6. The lowest BCUT2D eigenvalue weighted by atomic mass is 9.95. The van der Waals surface area contributed by atoms with Gasteiger partial charge >= 0.3 is 0 Å². The van der Waals surface area contributed by atoms with Gasteiger partial charge in [-0.2, -0.15) is 0 Å². The van der Waals surface area contributed by atoms with Gasteiger partial charge in [0.05, 0.1) is 13.2 Å². The summed E-state index contributed by atoms with van der Waals surface area (Å²) < 4.78 is 5.00. The van der Waals surface area contributed by atoms with Crippen LogP contribution in [0.4, 0.5) is 0 Å². The number of aliphatic imine (C=N–C) groups is 1. The number of hydrogen-bond acceptors (Lipinski definition) is 3. The van der Waals surface area contributed by atoms with Crippen molar-refractivity contribution >= 4 is 5.96 Å². The molecule has 1 aliphatic rings. The fraction of sp³-hybridized carbons (Fsp3) is 0.611. The van der Waals surface area contributed by atoms with E-state index in [1.807, 2.05) is 0 Å². The largest absolute Gasteiger partial charge is 0.383 e. The van der Waals surface area contributed by atoms with Gasteiger partial charge in [0.2, 0.25) is 0 Å². The van der Waals surface area contributed by atoms with E-state index < -0.39 is 0 Å². The van der Waals surface area contributed by atoms with Gasteiger partial charge in [-0.15, -0.1) is 0 Å². The van der Waals surface area contributed by atoms with Crippen LogP contribution in [0.25, 0.3) is 0 Å². The lowest BCUT2D eigenvalue weighted by Crippen LogP contribution is -2.45. The molecule has 0 saturated heterocycles. The molecule has 128 valence electrons. The average Bonchev–Trinajstić information content (AvgIpc) is 2.55. The summed E-state index contributed by atoms with van der Waals surface area (Å²) in [4.78, 5) is 7.08. The third-order valence-electron chi connectivity index (χ3n) is 4.46. The zero-order valence-corrected chi connectivity index (χ0v) is 14.6. The first-order valence-electron chi connectivity index (χ1n) is 8.45. The fourth-order valence-corrected chi connectivity index (χ4v) is 3.08. The number of hydrogen-bond donors (Lipinski definition) is 2. The van der Waals surface area contributed by atoms with Crippen LogP contribution in [0, 0.1) is 5.92 Å². The van der Waals surface area contributed by atoms with Crippen molar-refractivity contribution in [3.8, 4) is 0 Å². The summed E-state index contributed by atoms with van der Waals surface area (Å²) in [5, 5.41) is 3.08. The van der Waals surface area contributed by atoms with E-state index in [0.717, 1.165) is 26.1 Å². The molecule has 0 bridgehead atoms. The Morgan fingerprint density at radius 3 is 2.78 bits per heavy atom. The van der Waals surface area contributed by atoms with Crippen LogP contribution < -0.4 is 11.1 Å². The highest BCUT2D eigenvalue weighted by Crippen LogP contribution is 2.23. The second-order valence-electron chi connectivity index (χ2n) is 6.45. The van der Waals surface area contributed by atoms with Crippen molar-refractivity contribution in [1.29, 1.82) is 0 Å². The van der Waals surface area contributed by atoms with Gasteiger partial charge in [0.15, 0.2) is 5.96 Å². The molecule has 0 radical (unpaired) electrons. The van der Waals surface area contributed by atoms with E-state index in [4.69, 9.17) is 10.5 Å². The van der Waals surface area contributed by atoms with Crippen molar-refractivity contribution in [3.05, 3.63) is 35.4 Å². The van der Waals surface area contributed by atoms with E-state index in [1.54, 1.807) is 7.11 Å². The van der Waals surface area contributed by atoms with E-state index >= 15 is 0 Å². The predicted octanol–water partition coefficient (Wildman–Crippen LogP) is 1.62. The molecule has 1 aromatic rings. The van der Waals surface area contributed by atoms with E-state index in [-0.39, 0.29) is 0 Å². The Morgan fingerprint density at radius 2 is 2.09 bits per heavy atom. The van der Waals surface area contributed by atoms with Crippen LogP contribution in [0.3, 0.4) is 0 Å². The number of nitrogens with two attached hydrogens (primary N) is 1. The lowest BCUT2D eigenvalue weighted by Gasteiger charge is -2.37. The normalized spacial score (nSPS) is 17.1. The first-order valence-corrected chi connectivity index (χ1v) is 8.45. The topological polar surface area (TPSA) is 62.9 Å². The number of fused-ring (bicyclic) bond motifs is 1. The molecule has 0 aliphatic carbocycles. The van der Waals surface area contributed by atoms with Crippen molar-refractivity contribution in [2.24, 2.45) is 16.6 Å². The first kappa shape index (κ1) is 17.8. The average molecular weight is 318 g/mol. The number of ether oxygens (including phenoxy) is 1. The third kappa shape index (κ3) is 5.22. The molecule has 1 atom stereocenters. The van der Waals surface area contributed by atoms with Crippen LogP contribution in [-0.4, -0.2) is 50.3 Å². The summed E-state index contributed by atoms with van der Waals surface area (Å²) in [6.07, 6.45) is 1.12. The van der Waals surface area contributed by atoms with E-state index in [0.29, 0.717) is 31.1 Å². The van der Waals surface area contributed by atoms with Gasteiger partial charge in [-0.25, -0.2) is 0 Å².